The Labute approximate surface area is 184 Å². The lowest BCUT2D eigenvalue weighted by molar-refractivity contribution is -0.142. The van der Waals surface area contributed by atoms with E-state index in [0.29, 0.717) is 16.3 Å². The van der Waals surface area contributed by atoms with Gasteiger partial charge in [0, 0.05) is 45.1 Å². The Morgan fingerprint density at radius 3 is 2.55 bits per heavy atom. The first-order chi connectivity index (χ1) is 15.1. The normalized spacial score (nSPS) is 11.3. The van der Waals surface area contributed by atoms with E-state index in [0.717, 1.165) is 28.4 Å². The monoisotopic (exact) mass is 432 g/mol. The summed E-state index contributed by atoms with van der Waals surface area (Å²) in [5.74, 6) is -1.02. The Balaban J connectivity index is 1.42. The molecule has 0 fully saturated rings. The van der Waals surface area contributed by atoms with Crippen LogP contribution in [0.3, 0.4) is 0 Å². The fourth-order valence-electron chi connectivity index (χ4n) is 3.62. The minimum absolute atomic E-state index is 0.375. The molecule has 0 unspecified atom stereocenters. The summed E-state index contributed by atoms with van der Waals surface area (Å²) >= 11 is 6.05. The highest BCUT2D eigenvalue weighted by Crippen LogP contribution is 2.30. The summed E-state index contributed by atoms with van der Waals surface area (Å²) < 4.78 is 7.27. The number of nitrogens with one attached hydrogen (secondary N) is 1. The smallest absolute Gasteiger partial charge is 0.331 e. The van der Waals surface area contributed by atoms with Crippen molar-refractivity contribution in [3.63, 3.8) is 0 Å². The molecule has 4 aromatic rings. The number of esters is 1. The molecule has 156 valence electrons. The van der Waals surface area contributed by atoms with Crippen LogP contribution in [0.1, 0.15) is 12.5 Å². The first kappa shape index (κ1) is 20.7. The zero-order valence-corrected chi connectivity index (χ0v) is 17.7. The van der Waals surface area contributed by atoms with Crippen molar-refractivity contribution in [2.24, 2.45) is 0 Å². The molecule has 0 atom stereocenters. The van der Waals surface area contributed by atoms with Crippen LogP contribution in [0, 0.1) is 0 Å². The van der Waals surface area contributed by atoms with Crippen LogP contribution in [0.4, 0.5) is 5.69 Å². The van der Waals surface area contributed by atoms with Gasteiger partial charge >= 0.3 is 5.97 Å². The van der Waals surface area contributed by atoms with E-state index in [2.05, 4.69) is 28.9 Å². The second kappa shape index (κ2) is 9.06. The lowest BCUT2D eigenvalue weighted by Gasteiger charge is -2.07. The molecule has 31 heavy (non-hydrogen) atoms. The van der Waals surface area contributed by atoms with Gasteiger partial charge in [-0.25, -0.2) is 4.79 Å². The van der Waals surface area contributed by atoms with E-state index in [1.165, 1.54) is 6.08 Å². The van der Waals surface area contributed by atoms with Crippen molar-refractivity contribution >= 4 is 57.0 Å². The Morgan fingerprint density at radius 1 is 1.00 bits per heavy atom. The highest BCUT2D eigenvalue weighted by atomic mass is 35.5. The van der Waals surface area contributed by atoms with Crippen molar-refractivity contribution in [2.45, 2.75) is 13.5 Å². The SMILES string of the molecule is CCn1c2ccccc2c2cc(NC(=O)COC(=O)C=Cc3ccccc3Cl)ccc21. The third-order valence-electron chi connectivity index (χ3n) is 5.02. The van der Waals surface area contributed by atoms with Gasteiger partial charge < -0.3 is 14.6 Å². The molecule has 0 radical (unpaired) electrons. The van der Waals surface area contributed by atoms with Crippen molar-refractivity contribution in [2.75, 3.05) is 11.9 Å². The highest BCUT2D eigenvalue weighted by Gasteiger charge is 2.11. The number of rotatable bonds is 6. The van der Waals surface area contributed by atoms with E-state index < -0.39 is 11.9 Å². The Morgan fingerprint density at radius 2 is 1.74 bits per heavy atom. The van der Waals surface area contributed by atoms with Crippen LogP contribution in [-0.2, 0) is 20.9 Å². The van der Waals surface area contributed by atoms with Gasteiger partial charge in [0.25, 0.3) is 5.91 Å². The van der Waals surface area contributed by atoms with Crippen LogP contribution in [-0.4, -0.2) is 23.1 Å². The molecular formula is C25H21ClN2O3. The van der Waals surface area contributed by atoms with Crippen LogP contribution in [0.2, 0.25) is 5.02 Å². The molecule has 6 heteroatoms. The first-order valence-corrected chi connectivity index (χ1v) is 10.3. The molecule has 5 nitrogen and oxygen atoms in total. The van der Waals surface area contributed by atoms with Crippen LogP contribution in [0.15, 0.2) is 72.8 Å². The molecule has 1 aromatic heterocycles. The van der Waals surface area contributed by atoms with Crippen molar-refractivity contribution in [1.29, 1.82) is 0 Å². The largest absolute Gasteiger partial charge is 0.452 e. The fraction of sp³-hybridized carbons (Fsp3) is 0.120. The molecular weight excluding hydrogens is 412 g/mol. The molecule has 0 aliphatic heterocycles. The van der Waals surface area contributed by atoms with Gasteiger partial charge in [0.05, 0.1) is 0 Å². The maximum Gasteiger partial charge on any atom is 0.331 e. The number of amides is 1. The van der Waals surface area contributed by atoms with Crippen molar-refractivity contribution in [1.82, 2.24) is 4.57 Å². The Kier molecular flexibility index (Phi) is 6.05. The highest BCUT2D eigenvalue weighted by molar-refractivity contribution is 6.32. The minimum atomic E-state index is -0.614. The summed E-state index contributed by atoms with van der Waals surface area (Å²) in [5, 5.41) is 5.52. The third kappa shape index (κ3) is 4.47. The predicted molar refractivity (Wildman–Crippen MR) is 125 cm³/mol. The Bertz CT molecular complexity index is 1310. The van der Waals surface area contributed by atoms with Crippen molar-refractivity contribution in [3.8, 4) is 0 Å². The number of fused-ring (bicyclic) bond motifs is 3. The van der Waals surface area contributed by atoms with Gasteiger partial charge in [-0.3, -0.25) is 4.79 Å². The summed E-state index contributed by atoms with van der Waals surface area (Å²) in [6.45, 7) is 2.59. The van der Waals surface area contributed by atoms with Crippen LogP contribution < -0.4 is 5.32 Å². The standard InChI is InChI=1S/C25H21ClN2O3/c1-2-28-22-10-6-4-8-19(22)20-15-18(12-13-23(20)28)27-24(29)16-31-25(30)14-11-17-7-3-5-9-21(17)26/h3-15H,2,16H2,1H3,(H,27,29). The quantitative estimate of drug-likeness (QED) is 0.316. The molecule has 3 aromatic carbocycles. The number of hydrogen-bond acceptors (Lipinski definition) is 3. The number of nitrogens with zero attached hydrogens (tertiary/aromatic N) is 1. The average molecular weight is 433 g/mol. The lowest BCUT2D eigenvalue weighted by atomic mass is 10.1. The fourth-order valence-corrected chi connectivity index (χ4v) is 3.82. The van der Waals surface area contributed by atoms with E-state index in [-0.39, 0.29) is 6.61 Å². The zero-order valence-electron chi connectivity index (χ0n) is 17.0. The molecule has 4 rings (SSSR count). The average Bonchev–Trinajstić information content (AvgIpc) is 3.10. The molecule has 0 saturated carbocycles. The van der Waals surface area contributed by atoms with Gasteiger partial charge in [-0.05, 0) is 48.9 Å². The molecule has 0 aliphatic rings. The van der Waals surface area contributed by atoms with Crippen LogP contribution in [0.25, 0.3) is 27.9 Å². The van der Waals surface area contributed by atoms with Crippen molar-refractivity contribution in [3.05, 3.63) is 83.4 Å². The molecule has 0 saturated heterocycles. The number of benzene rings is 3. The second-order valence-electron chi connectivity index (χ2n) is 7.00. The summed E-state index contributed by atoms with van der Waals surface area (Å²) in [7, 11) is 0. The number of para-hydroxylation sites is 1. The molecule has 0 spiro atoms. The van der Waals surface area contributed by atoms with Gasteiger partial charge in [-0.15, -0.1) is 0 Å². The number of halogens is 1. The summed E-state index contributed by atoms with van der Waals surface area (Å²) in [6, 6.07) is 21.1. The number of carbonyl (C=O) groups excluding carboxylic acids is 2. The van der Waals surface area contributed by atoms with E-state index in [1.54, 1.807) is 24.3 Å². The maximum absolute atomic E-state index is 12.3. The topological polar surface area (TPSA) is 60.3 Å². The predicted octanol–water partition coefficient (Wildman–Crippen LogP) is 5.66. The number of aromatic nitrogens is 1. The van der Waals surface area contributed by atoms with E-state index in [4.69, 9.17) is 16.3 Å². The zero-order chi connectivity index (χ0) is 21.8. The van der Waals surface area contributed by atoms with Gasteiger partial charge in [-0.1, -0.05) is 48.0 Å². The summed E-state index contributed by atoms with van der Waals surface area (Å²) in [4.78, 5) is 24.2. The number of carbonyl (C=O) groups is 2. The van der Waals surface area contributed by atoms with Gasteiger partial charge in [0.1, 0.15) is 0 Å². The van der Waals surface area contributed by atoms with Crippen LogP contribution in [0.5, 0.6) is 0 Å². The minimum Gasteiger partial charge on any atom is -0.452 e. The second-order valence-corrected chi connectivity index (χ2v) is 7.41. The molecule has 0 bridgehead atoms. The first-order valence-electron chi connectivity index (χ1n) is 9.97. The number of ether oxygens (including phenoxy) is 1. The molecule has 1 amide bonds. The van der Waals surface area contributed by atoms with Crippen LogP contribution >= 0.6 is 11.6 Å². The van der Waals surface area contributed by atoms with Crippen molar-refractivity contribution < 1.29 is 14.3 Å². The molecule has 0 aliphatic carbocycles. The maximum atomic E-state index is 12.3. The van der Waals surface area contributed by atoms with Gasteiger partial charge in [-0.2, -0.15) is 0 Å². The van der Waals surface area contributed by atoms with Gasteiger partial charge in [0.15, 0.2) is 6.61 Å². The third-order valence-corrected chi connectivity index (χ3v) is 5.37. The number of hydrogen-bond donors (Lipinski definition) is 1. The van der Waals surface area contributed by atoms with Gasteiger partial charge in [0.2, 0.25) is 0 Å². The number of aryl methyl sites for hydroxylation is 1. The van der Waals surface area contributed by atoms with E-state index in [9.17, 15) is 9.59 Å². The summed E-state index contributed by atoms with van der Waals surface area (Å²) in [5.41, 5.74) is 3.62. The number of anilines is 1. The van der Waals surface area contributed by atoms with E-state index in [1.807, 2.05) is 36.4 Å². The van der Waals surface area contributed by atoms with E-state index >= 15 is 0 Å². The lowest BCUT2D eigenvalue weighted by Crippen LogP contribution is -2.20. The Hall–Kier alpha value is -3.57. The molecule has 1 N–H and O–H groups in total. The summed E-state index contributed by atoms with van der Waals surface area (Å²) in [6.07, 6.45) is 2.81. The molecule has 1 heterocycles.